The van der Waals surface area contributed by atoms with E-state index in [1.54, 1.807) is 15.9 Å². The molecule has 0 radical (unpaired) electrons. The number of aromatic nitrogens is 2. The lowest BCUT2D eigenvalue weighted by Crippen LogP contribution is -2.42. The van der Waals surface area contributed by atoms with E-state index in [-0.39, 0.29) is 17.9 Å². The molecule has 1 aliphatic carbocycles. The van der Waals surface area contributed by atoms with Crippen LogP contribution in [-0.2, 0) is 28.2 Å². The average Bonchev–Trinajstić information content (AvgIpc) is 3.10. The third-order valence-electron chi connectivity index (χ3n) is 4.60. The summed E-state index contributed by atoms with van der Waals surface area (Å²) in [5.41, 5.74) is 1.06. The van der Waals surface area contributed by atoms with Crippen LogP contribution in [0.3, 0.4) is 0 Å². The van der Waals surface area contributed by atoms with Crippen molar-refractivity contribution in [1.82, 2.24) is 14.1 Å². The predicted octanol–water partition coefficient (Wildman–Crippen LogP) is 1.18. The molecule has 6 nitrogen and oxygen atoms in total. The molecule has 3 rings (SSSR count). The summed E-state index contributed by atoms with van der Waals surface area (Å²) in [6.45, 7) is 3.04. The van der Waals surface area contributed by atoms with Gasteiger partial charge in [0.25, 0.3) is 0 Å². The Kier molecular flexibility index (Phi) is 4.56. The Morgan fingerprint density at radius 2 is 2.14 bits per heavy atom. The van der Waals surface area contributed by atoms with Crippen LogP contribution in [0.25, 0.3) is 0 Å². The van der Waals surface area contributed by atoms with Gasteiger partial charge in [-0.1, -0.05) is 0 Å². The van der Waals surface area contributed by atoms with E-state index < -0.39 is 10.0 Å². The van der Waals surface area contributed by atoms with Crippen LogP contribution in [0, 0.1) is 5.92 Å². The summed E-state index contributed by atoms with van der Waals surface area (Å²) in [7, 11) is -1.32. The van der Waals surface area contributed by atoms with Crippen LogP contribution in [0.4, 0.5) is 0 Å². The maximum atomic E-state index is 12.4. The number of nitrogens with zero attached hydrogens (tertiary/aromatic N) is 3. The van der Waals surface area contributed by atoms with Crippen molar-refractivity contribution < 1.29 is 13.2 Å². The fourth-order valence-electron chi connectivity index (χ4n) is 3.10. The summed E-state index contributed by atoms with van der Waals surface area (Å²) < 4.78 is 34.2. The first-order valence-corrected chi connectivity index (χ1v) is 9.69. The highest BCUT2D eigenvalue weighted by Gasteiger charge is 2.41. The summed E-state index contributed by atoms with van der Waals surface area (Å²) in [5.74, 6) is 0.835. The summed E-state index contributed by atoms with van der Waals surface area (Å²) in [6, 6.07) is -0.104. The van der Waals surface area contributed by atoms with Gasteiger partial charge in [0.15, 0.2) is 0 Å². The number of aryl methyl sites for hydroxylation is 1. The fourth-order valence-corrected chi connectivity index (χ4v) is 4.44. The Balaban J connectivity index is 1.74. The van der Waals surface area contributed by atoms with E-state index in [2.05, 4.69) is 5.10 Å². The number of sulfonamides is 1. The molecular formula is C15H25N3O3S. The second kappa shape index (κ2) is 6.29. The zero-order valence-corrected chi connectivity index (χ0v) is 14.1. The molecule has 0 bridgehead atoms. The van der Waals surface area contributed by atoms with Gasteiger partial charge in [0.1, 0.15) is 0 Å². The molecule has 2 heterocycles. The van der Waals surface area contributed by atoms with E-state index in [0.29, 0.717) is 18.9 Å². The van der Waals surface area contributed by atoms with Crippen LogP contribution < -0.4 is 0 Å². The molecule has 0 amide bonds. The Labute approximate surface area is 132 Å². The molecule has 7 heteroatoms. The van der Waals surface area contributed by atoms with Gasteiger partial charge in [-0.3, -0.25) is 4.68 Å². The number of ether oxygens (including phenoxy) is 1. The van der Waals surface area contributed by atoms with Crippen molar-refractivity contribution in [2.75, 3.05) is 18.9 Å². The van der Waals surface area contributed by atoms with Crippen molar-refractivity contribution in [3.8, 4) is 0 Å². The standard InChI is InChI=1S/C15H25N3O3S/c1-3-22(19,20)18-7-6-15(21-11-12-4-5-12)14(18)8-13-9-16-17(2)10-13/h9-10,12,14-15H,3-8,11H2,1-2H3/t14-,15+/m0/s1. The van der Waals surface area contributed by atoms with Gasteiger partial charge in [0.05, 0.1) is 24.1 Å². The molecule has 0 spiro atoms. The maximum Gasteiger partial charge on any atom is 0.214 e. The van der Waals surface area contributed by atoms with Gasteiger partial charge in [-0.15, -0.1) is 0 Å². The quantitative estimate of drug-likeness (QED) is 0.754. The molecule has 1 aromatic heterocycles. The van der Waals surface area contributed by atoms with Crippen molar-refractivity contribution in [2.24, 2.45) is 13.0 Å². The summed E-state index contributed by atoms with van der Waals surface area (Å²) in [6.07, 6.45) is 7.72. The first kappa shape index (κ1) is 16.0. The molecule has 0 aromatic carbocycles. The van der Waals surface area contributed by atoms with Gasteiger partial charge in [0.2, 0.25) is 10.0 Å². The Morgan fingerprint density at radius 1 is 1.36 bits per heavy atom. The van der Waals surface area contributed by atoms with Crippen LogP contribution in [0.5, 0.6) is 0 Å². The first-order chi connectivity index (χ1) is 10.5. The van der Waals surface area contributed by atoms with E-state index in [1.165, 1.54) is 12.8 Å². The predicted molar refractivity (Wildman–Crippen MR) is 83.9 cm³/mol. The second-order valence-corrected chi connectivity index (χ2v) is 8.62. The zero-order chi connectivity index (χ0) is 15.7. The van der Waals surface area contributed by atoms with E-state index in [0.717, 1.165) is 18.6 Å². The number of hydrogen-bond donors (Lipinski definition) is 0. The van der Waals surface area contributed by atoms with Gasteiger partial charge in [0, 0.05) is 26.4 Å². The lowest BCUT2D eigenvalue weighted by atomic mass is 10.1. The monoisotopic (exact) mass is 327 g/mol. The molecular weight excluding hydrogens is 302 g/mol. The minimum atomic E-state index is -3.19. The summed E-state index contributed by atoms with van der Waals surface area (Å²) in [5, 5.41) is 4.18. The minimum absolute atomic E-state index is 0.00197. The van der Waals surface area contributed by atoms with Gasteiger partial charge < -0.3 is 4.74 Å². The molecule has 2 fully saturated rings. The van der Waals surface area contributed by atoms with Crippen molar-refractivity contribution >= 4 is 10.0 Å². The first-order valence-electron chi connectivity index (χ1n) is 8.08. The zero-order valence-electron chi connectivity index (χ0n) is 13.3. The highest BCUT2D eigenvalue weighted by atomic mass is 32.2. The SMILES string of the molecule is CCS(=O)(=O)N1CC[C@@H](OCC2CC2)[C@@H]1Cc1cnn(C)c1. The third-order valence-corrected chi connectivity index (χ3v) is 6.50. The topological polar surface area (TPSA) is 64.4 Å². The van der Waals surface area contributed by atoms with E-state index in [9.17, 15) is 8.42 Å². The molecule has 1 saturated carbocycles. The molecule has 1 saturated heterocycles. The lowest BCUT2D eigenvalue weighted by molar-refractivity contribution is 0.0305. The number of rotatable bonds is 7. The molecule has 0 unspecified atom stereocenters. The third kappa shape index (κ3) is 3.52. The molecule has 1 aromatic rings. The van der Waals surface area contributed by atoms with E-state index in [4.69, 9.17) is 4.74 Å². The molecule has 124 valence electrons. The van der Waals surface area contributed by atoms with Crippen molar-refractivity contribution in [1.29, 1.82) is 0 Å². The largest absolute Gasteiger partial charge is 0.376 e. The van der Waals surface area contributed by atoms with Crippen LogP contribution in [0.1, 0.15) is 31.7 Å². The second-order valence-electron chi connectivity index (χ2n) is 6.41. The maximum absolute atomic E-state index is 12.4. The van der Waals surface area contributed by atoms with Crippen molar-refractivity contribution in [3.63, 3.8) is 0 Å². The normalized spacial score (nSPS) is 26.6. The fraction of sp³-hybridized carbons (Fsp3) is 0.800. The molecule has 2 aliphatic rings. The van der Waals surface area contributed by atoms with Crippen LogP contribution in [0.15, 0.2) is 12.4 Å². The number of hydrogen-bond acceptors (Lipinski definition) is 4. The lowest BCUT2D eigenvalue weighted by Gasteiger charge is -2.27. The van der Waals surface area contributed by atoms with Gasteiger partial charge in [-0.2, -0.15) is 9.40 Å². The molecule has 0 N–H and O–H groups in total. The molecule has 1 aliphatic heterocycles. The van der Waals surface area contributed by atoms with Crippen LogP contribution >= 0.6 is 0 Å². The van der Waals surface area contributed by atoms with Crippen molar-refractivity contribution in [2.45, 2.75) is 44.8 Å². The van der Waals surface area contributed by atoms with E-state index in [1.807, 2.05) is 19.4 Å². The minimum Gasteiger partial charge on any atom is -0.376 e. The highest BCUT2D eigenvalue weighted by Crippen LogP contribution is 2.32. The van der Waals surface area contributed by atoms with Crippen molar-refractivity contribution in [3.05, 3.63) is 18.0 Å². The molecule has 22 heavy (non-hydrogen) atoms. The van der Waals surface area contributed by atoms with Gasteiger partial charge >= 0.3 is 0 Å². The smallest absolute Gasteiger partial charge is 0.214 e. The Hall–Kier alpha value is -0.920. The van der Waals surface area contributed by atoms with Crippen LogP contribution in [0.2, 0.25) is 0 Å². The molecule has 2 atom stereocenters. The van der Waals surface area contributed by atoms with Gasteiger partial charge in [-0.05, 0) is 44.1 Å². The van der Waals surface area contributed by atoms with E-state index >= 15 is 0 Å². The Morgan fingerprint density at radius 3 is 2.73 bits per heavy atom. The van der Waals surface area contributed by atoms with Gasteiger partial charge in [-0.25, -0.2) is 8.42 Å². The summed E-state index contributed by atoms with van der Waals surface area (Å²) in [4.78, 5) is 0. The van der Waals surface area contributed by atoms with Crippen LogP contribution in [-0.4, -0.2) is 53.6 Å². The summed E-state index contributed by atoms with van der Waals surface area (Å²) >= 11 is 0. The highest BCUT2D eigenvalue weighted by molar-refractivity contribution is 7.89. The average molecular weight is 327 g/mol. The Bertz CT molecular complexity index is 609.